The molecule has 16 heavy (non-hydrogen) atoms. The number of hydrogen-bond acceptors (Lipinski definition) is 2. The van der Waals surface area contributed by atoms with Crippen LogP contribution in [0.4, 0.5) is 0 Å². The maximum absolute atomic E-state index is 11.9. The number of amides is 1. The van der Waals surface area contributed by atoms with Gasteiger partial charge in [0.15, 0.2) is 0 Å². The Kier molecular flexibility index (Phi) is 3.21. The first-order valence-corrected chi connectivity index (χ1v) is 5.90. The van der Waals surface area contributed by atoms with Gasteiger partial charge in [-0.1, -0.05) is 11.6 Å². The first-order valence-electron chi connectivity index (χ1n) is 5.52. The predicted octanol–water partition coefficient (Wildman–Crippen LogP) is 1.38. The van der Waals surface area contributed by atoms with Crippen LogP contribution in [0.3, 0.4) is 0 Å². The number of rotatable bonds is 3. The Hall–Kier alpha value is -1.00. The fraction of sp³-hybridized carbons (Fsp3) is 0.545. The van der Waals surface area contributed by atoms with Gasteiger partial charge < -0.3 is 15.6 Å². The van der Waals surface area contributed by atoms with E-state index >= 15 is 0 Å². The summed E-state index contributed by atoms with van der Waals surface area (Å²) in [6.45, 7) is 2.71. The van der Waals surface area contributed by atoms with E-state index in [-0.39, 0.29) is 18.0 Å². The average Bonchev–Trinajstić information content (AvgIpc) is 2.57. The lowest BCUT2D eigenvalue weighted by atomic mass is 9.87. The quantitative estimate of drug-likeness (QED) is 0.840. The fourth-order valence-corrected chi connectivity index (χ4v) is 2.19. The van der Waals surface area contributed by atoms with Crippen molar-refractivity contribution in [1.82, 2.24) is 9.88 Å². The van der Waals surface area contributed by atoms with E-state index in [2.05, 4.69) is 5.32 Å². The number of carbonyl (C=O) groups is 1. The SMILES string of the molecule is CCn1cc(Cl)cc1C(=O)NC1CC(N)C1. The van der Waals surface area contributed by atoms with Gasteiger partial charge in [0.1, 0.15) is 5.69 Å². The molecule has 1 amide bonds. The molecule has 5 heteroatoms. The van der Waals surface area contributed by atoms with Gasteiger partial charge in [-0.3, -0.25) is 4.79 Å². The molecule has 4 nitrogen and oxygen atoms in total. The molecule has 1 aromatic rings. The Balaban J connectivity index is 2.02. The van der Waals surface area contributed by atoms with Gasteiger partial charge in [-0.25, -0.2) is 0 Å². The molecule has 1 aromatic heterocycles. The van der Waals surface area contributed by atoms with Gasteiger partial charge in [0.2, 0.25) is 0 Å². The van der Waals surface area contributed by atoms with Crippen LogP contribution in [0.15, 0.2) is 12.3 Å². The molecule has 0 atom stereocenters. The summed E-state index contributed by atoms with van der Waals surface area (Å²) in [5.41, 5.74) is 6.28. The summed E-state index contributed by atoms with van der Waals surface area (Å²) >= 11 is 5.88. The molecule has 2 rings (SSSR count). The van der Waals surface area contributed by atoms with E-state index in [1.807, 2.05) is 11.5 Å². The minimum atomic E-state index is -0.0642. The van der Waals surface area contributed by atoms with Gasteiger partial charge in [0.05, 0.1) is 5.02 Å². The van der Waals surface area contributed by atoms with E-state index in [0.29, 0.717) is 10.7 Å². The summed E-state index contributed by atoms with van der Waals surface area (Å²) in [5.74, 6) is -0.0642. The number of nitrogens with one attached hydrogen (secondary N) is 1. The molecule has 0 unspecified atom stereocenters. The second-order valence-electron chi connectivity index (χ2n) is 4.23. The first-order chi connectivity index (χ1) is 7.60. The Morgan fingerprint density at radius 2 is 2.38 bits per heavy atom. The summed E-state index contributed by atoms with van der Waals surface area (Å²) < 4.78 is 1.84. The van der Waals surface area contributed by atoms with E-state index in [4.69, 9.17) is 17.3 Å². The smallest absolute Gasteiger partial charge is 0.268 e. The van der Waals surface area contributed by atoms with Crippen molar-refractivity contribution in [3.8, 4) is 0 Å². The highest BCUT2D eigenvalue weighted by Gasteiger charge is 2.28. The molecule has 1 heterocycles. The molecule has 1 aliphatic carbocycles. The summed E-state index contributed by atoms with van der Waals surface area (Å²) in [4.78, 5) is 11.9. The van der Waals surface area contributed by atoms with Gasteiger partial charge in [-0.15, -0.1) is 0 Å². The van der Waals surface area contributed by atoms with Crippen LogP contribution in [-0.4, -0.2) is 22.6 Å². The van der Waals surface area contributed by atoms with E-state index in [0.717, 1.165) is 19.4 Å². The van der Waals surface area contributed by atoms with Gasteiger partial charge in [0, 0.05) is 24.8 Å². The number of nitrogens with zero attached hydrogens (tertiary/aromatic N) is 1. The van der Waals surface area contributed by atoms with E-state index in [1.54, 1.807) is 12.3 Å². The molecule has 3 N–H and O–H groups in total. The standard InChI is InChI=1S/C11H16ClN3O/c1-2-15-6-7(12)3-10(15)11(16)14-9-4-8(13)5-9/h3,6,8-9H,2,4-5,13H2,1H3,(H,14,16). The van der Waals surface area contributed by atoms with E-state index < -0.39 is 0 Å². The van der Waals surface area contributed by atoms with E-state index in [9.17, 15) is 4.79 Å². The van der Waals surface area contributed by atoms with Crippen LogP contribution in [0, 0.1) is 0 Å². The number of hydrogen-bond donors (Lipinski definition) is 2. The summed E-state index contributed by atoms with van der Waals surface area (Å²) in [6.07, 6.45) is 3.50. The third kappa shape index (κ3) is 2.23. The molecule has 0 bridgehead atoms. The third-order valence-electron chi connectivity index (χ3n) is 2.95. The molecule has 1 saturated carbocycles. The van der Waals surface area contributed by atoms with Crippen LogP contribution in [0.1, 0.15) is 30.3 Å². The molecule has 0 radical (unpaired) electrons. The minimum absolute atomic E-state index is 0.0642. The van der Waals surface area contributed by atoms with Gasteiger partial charge in [0.25, 0.3) is 5.91 Å². The summed E-state index contributed by atoms with van der Waals surface area (Å²) in [6, 6.07) is 2.16. The van der Waals surface area contributed by atoms with Crippen molar-refractivity contribution in [2.45, 2.75) is 38.4 Å². The second kappa shape index (κ2) is 4.47. The van der Waals surface area contributed by atoms with Crippen LogP contribution in [0.5, 0.6) is 0 Å². The Bertz CT molecular complexity index is 396. The van der Waals surface area contributed by atoms with Crippen LogP contribution in [0.25, 0.3) is 0 Å². The topological polar surface area (TPSA) is 60.0 Å². The van der Waals surface area contributed by atoms with Crippen molar-refractivity contribution in [2.24, 2.45) is 5.73 Å². The number of halogens is 1. The van der Waals surface area contributed by atoms with Crippen LogP contribution < -0.4 is 11.1 Å². The van der Waals surface area contributed by atoms with Crippen molar-refractivity contribution in [3.05, 3.63) is 23.0 Å². The summed E-state index contributed by atoms with van der Waals surface area (Å²) in [7, 11) is 0. The van der Waals surface area contributed by atoms with Crippen LogP contribution >= 0.6 is 11.6 Å². The zero-order valence-corrected chi connectivity index (χ0v) is 10.00. The van der Waals surface area contributed by atoms with Gasteiger partial charge in [-0.05, 0) is 25.8 Å². The zero-order chi connectivity index (χ0) is 11.7. The minimum Gasteiger partial charge on any atom is -0.348 e. The van der Waals surface area contributed by atoms with Crippen molar-refractivity contribution in [3.63, 3.8) is 0 Å². The first kappa shape index (κ1) is 11.5. The number of nitrogens with two attached hydrogens (primary N) is 1. The van der Waals surface area contributed by atoms with Crippen molar-refractivity contribution in [2.75, 3.05) is 0 Å². The number of aryl methyl sites for hydroxylation is 1. The highest BCUT2D eigenvalue weighted by atomic mass is 35.5. The zero-order valence-electron chi connectivity index (χ0n) is 9.24. The maximum atomic E-state index is 11.9. The number of carbonyl (C=O) groups excluding carboxylic acids is 1. The maximum Gasteiger partial charge on any atom is 0.268 e. The van der Waals surface area contributed by atoms with Crippen molar-refractivity contribution in [1.29, 1.82) is 0 Å². The van der Waals surface area contributed by atoms with Crippen LogP contribution in [-0.2, 0) is 6.54 Å². The fourth-order valence-electron chi connectivity index (χ4n) is 1.97. The molecule has 0 aliphatic heterocycles. The molecule has 88 valence electrons. The Morgan fingerprint density at radius 1 is 1.69 bits per heavy atom. The monoisotopic (exact) mass is 241 g/mol. The Labute approximate surface area is 99.8 Å². The average molecular weight is 242 g/mol. The summed E-state index contributed by atoms with van der Waals surface area (Å²) in [5, 5.41) is 3.55. The molecular formula is C11H16ClN3O. The molecule has 0 aromatic carbocycles. The second-order valence-corrected chi connectivity index (χ2v) is 4.67. The molecule has 0 spiro atoms. The highest BCUT2D eigenvalue weighted by molar-refractivity contribution is 6.31. The lowest BCUT2D eigenvalue weighted by molar-refractivity contribution is 0.0901. The molecule has 1 fully saturated rings. The number of aromatic nitrogens is 1. The third-order valence-corrected chi connectivity index (χ3v) is 3.15. The highest BCUT2D eigenvalue weighted by Crippen LogP contribution is 2.19. The molecule has 0 saturated heterocycles. The van der Waals surface area contributed by atoms with Crippen molar-refractivity contribution >= 4 is 17.5 Å². The van der Waals surface area contributed by atoms with Crippen LogP contribution in [0.2, 0.25) is 5.02 Å². The molecular weight excluding hydrogens is 226 g/mol. The molecule has 1 aliphatic rings. The van der Waals surface area contributed by atoms with E-state index in [1.165, 1.54) is 0 Å². The predicted molar refractivity (Wildman–Crippen MR) is 63.6 cm³/mol. The Morgan fingerprint density at radius 3 is 2.94 bits per heavy atom. The van der Waals surface area contributed by atoms with Crippen molar-refractivity contribution < 1.29 is 4.79 Å². The van der Waals surface area contributed by atoms with Gasteiger partial charge in [-0.2, -0.15) is 0 Å². The lowest BCUT2D eigenvalue weighted by Crippen LogP contribution is -2.50. The largest absolute Gasteiger partial charge is 0.348 e. The lowest BCUT2D eigenvalue weighted by Gasteiger charge is -2.32. The normalized spacial score (nSPS) is 23.9. The van der Waals surface area contributed by atoms with Gasteiger partial charge >= 0.3 is 0 Å².